The van der Waals surface area contributed by atoms with E-state index in [4.69, 9.17) is 10.7 Å². The average Bonchev–Trinajstić information content (AvgIpc) is 3.21. The summed E-state index contributed by atoms with van der Waals surface area (Å²) in [5, 5.41) is 13.9. The van der Waals surface area contributed by atoms with E-state index in [0.29, 0.717) is 5.82 Å². The Balaban J connectivity index is 1.65. The number of rotatable bonds is 3. The fraction of sp³-hybridized carbons (Fsp3) is 0.529. The number of nitrogen functional groups attached to an aromatic ring is 1. The van der Waals surface area contributed by atoms with Crippen LogP contribution >= 0.6 is 0 Å². The zero-order valence-corrected chi connectivity index (χ0v) is 14.5. The van der Waals surface area contributed by atoms with E-state index >= 15 is 0 Å². The third-order valence-electron chi connectivity index (χ3n) is 5.17. The molecule has 0 aliphatic carbocycles. The van der Waals surface area contributed by atoms with Gasteiger partial charge in [-0.2, -0.15) is 14.7 Å². The second-order valence-electron chi connectivity index (χ2n) is 7.00. The van der Waals surface area contributed by atoms with Gasteiger partial charge in [0, 0.05) is 49.8 Å². The van der Waals surface area contributed by atoms with Gasteiger partial charge in [0.15, 0.2) is 5.65 Å². The number of hydrogen-bond donors (Lipinski definition) is 2. The van der Waals surface area contributed by atoms with E-state index in [0.717, 1.165) is 42.8 Å². The molecule has 4 rings (SSSR count). The Bertz CT molecular complexity index is 835. The predicted molar refractivity (Wildman–Crippen MR) is 95.7 cm³/mol. The van der Waals surface area contributed by atoms with Crippen molar-refractivity contribution in [1.82, 2.24) is 24.9 Å². The summed E-state index contributed by atoms with van der Waals surface area (Å²) in [7, 11) is 1.95. The molecule has 8 heteroatoms. The van der Waals surface area contributed by atoms with Gasteiger partial charge in [-0.05, 0) is 19.8 Å². The number of anilines is 1. The Hall–Kier alpha value is -2.48. The number of nitrogens with one attached hydrogen (secondary N) is 1. The molecule has 2 aliphatic heterocycles. The molecule has 8 nitrogen and oxygen atoms in total. The first-order chi connectivity index (χ1) is 12.0. The molecule has 132 valence electrons. The van der Waals surface area contributed by atoms with E-state index in [1.54, 1.807) is 11.4 Å². The summed E-state index contributed by atoms with van der Waals surface area (Å²) in [5.41, 5.74) is 9.03. The van der Waals surface area contributed by atoms with Crippen molar-refractivity contribution in [1.29, 1.82) is 0 Å². The Morgan fingerprint density at radius 3 is 2.88 bits per heavy atom. The average molecular weight is 341 g/mol. The highest BCUT2D eigenvalue weighted by molar-refractivity contribution is 5.81. The number of ketones is 1. The highest BCUT2D eigenvalue weighted by Gasteiger charge is 2.27. The summed E-state index contributed by atoms with van der Waals surface area (Å²) < 4.78 is 1.69. The normalized spacial score (nSPS) is 26.5. The van der Waals surface area contributed by atoms with Gasteiger partial charge in [-0.25, -0.2) is 4.98 Å². The van der Waals surface area contributed by atoms with Crippen LogP contribution in [-0.4, -0.2) is 57.8 Å². The van der Waals surface area contributed by atoms with E-state index in [1.807, 2.05) is 30.5 Å². The summed E-state index contributed by atoms with van der Waals surface area (Å²) in [5.74, 6) is 1.22. The zero-order chi connectivity index (χ0) is 17.6. The minimum absolute atomic E-state index is 0.0342. The smallest absolute Gasteiger partial charge is 0.161 e. The molecule has 4 heterocycles. The second-order valence-corrected chi connectivity index (χ2v) is 7.00. The Labute approximate surface area is 146 Å². The number of hydrazone groups is 1. The summed E-state index contributed by atoms with van der Waals surface area (Å²) in [6, 6.07) is 1.87. The zero-order valence-electron chi connectivity index (χ0n) is 14.5. The number of nitrogens with zero attached hydrogens (tertiary/aromatic N) is 5. The van der Waals surface area contributed by atoms with E-state index in [-0.39, 0.29) is 23.7 Å². The molecule has 2 aromatic rings. The Kier molecular flexibility index (Phi) is 3.91. The molecular formula is C17H23N7O. The lowest BCUT2D eigenvalue weighted by molar-refractivity contribution is -0.119. The van der Waals surface area contributed by atoms with Crippen LogP contribution in [0, 0.1) is 0 Å². The van der Waals surface area contributed by atoms with Crippen molar-refractivity contribution in [2.24, 2.45) is 5.10 Å². The number of hydrogen-bond acceptors (Lipinski definition) is 7. The number of aromatic nitrogens is 3. The molecule has 0 aromatic carbocycles. The fourth-order valence-electron chi connectivity index (χ4n) is 3.70. The molecule has 25 heavy (non-hydrogen) atoms. The van der Waals surface area contributed by atoms with Gasteiger partial charge in [-0.3, -0.25) is 9.80 Å². The van der Waals surface area contributed by atoms with E-state index in [9.17, 15) is 4.79 Å². The van der Waals surface area contributed by atoms with Crippen LogP contribution in [0.1, 0.15) is 42.9 Å². The number of carbonyl (C=O) groups is 1. The van der Waals surface area contributed by atoms with Crippen LogP contribution in [0.5, 0.6) is 0 Å². The number of carbonyl (C=O) groups excluding carboxylic acids is 1. The molecule has 3 atom stereocenters. The fourth-order valence-corrected chi connectivity index (χ4v) is 3.70. The molecular weight excluding hydrogens is 318 g/mol. The summed E-state index contributed by atoms with van der Waals surface area (Å²) >= 11 is 0. The molecule has 0 amide bonds. The lowest BCUT2D eigenvalue weighted by atomic mass is 9.90. The van der Waals surface area contributed by atoms with Crippen molar-refractivity contribution in [2.45, 2.75) is 37.6 Å². The van der Waals surface area contributed by atoms with E-state index in [2.05, 4.69) is 15.5 Å². The maximum absolute atomic E-state index is 11.5. The van der Waals surface area contributed by atoms with Gasteiger partial charge in [0.2, 0.25) is 0 Å². The molecule has 1 saturated heterocycles. The quantitative estimate of drug-likeness (QED) is 0.854. The van der Waals surface area contributed by atoms with Crippen molar-refractivity contribution in [3.8, 4) is 0 Å². The maximum atomic E-state index is 11.5. The van der Waals surface area contributed by atoms with Crippen LogP contribution in [0.3, 0.4) is 0 Å². The van der Waals surface area contributed by atoms with Crippen molar-refractivity contribution in [2.75, 3.05) is 25.9 Å². The summed E-state index contributed by atoms with van der Waals surface area (Å²) in [4.78, 5) is 16.4. The topological polar surface area (TPSA) is 101 Å². The number of likely N-dealkylation sites (N-methyl/N-ethyl adjacent to an activating group) is 1. The number of piperidine rings is 1. The van der Waals surface area contributed by atoms with Crippen LogP contribution in [0.15, 0.2) is 17.4 Å². The van der Waals surface area contributed by atoms with Crippen LogP contribution < -0.4 is 11.1 Å². The molecule has 1 fully saturated rings. The van der Waals surface area contributed by atoms with Gasteiger partial charge in [-0.15, -0.1) is 0 Å². The van der Waals surface area contributed by atoms with Crippen LogP contribution in [-0.2, 0) is 4.79 Å². The molecule has 2 aromatic heterocycles. The van der Waals surface area contributed by atoms with Crippen LogP contribution in [0.4, 0.5) is 5.82 Å². The summed E-state index contributed by atoms with van der Waals surface area (Å²) in [6.07, 6.45) is 5.53. The monoisotopic (exact) mass is 341 g/mol. The van der Waals surface area contributed by atoms with Gasteiger partial charge < -0.3 is 11.1 Å². The Morgan fingerprint density at radius 1 is 1.40 bits per heavy atom. The van der Waals surface area contributed by atoms with Gasteiger partial charge in [-0.1, -0.05) is 0 Å². The minimum Gasteiger partial charge on any atom is -0.384 e. The highest BCUT2D eigenvalue weighted by atomic mass is 16.1. The highest BCUT2D eigenvalue weighted by Crippen LogP contribution is 2.29. The van der Waals surface area contributed by atoms with Gasteiger partial charge in [0.05, 0.1) is 17.9 Å². The second kappa shape index (κ2) is 6.11. The first kappa shape index (κ1) is 16.0. The number of nitrogens with two attached hydrogens (primary N) is 1. The predicted octanol–water partition coefficient (Wildman–Crippen LogP) is 0.751. The third-order valence-corrected chi connectivity index (χ3v) is 5.17. The standard InChI is InChI=1S/C17H23N7O/c1-10(25)14-4-3-11(6-19-14)15-5-16(18)24-17(22-15)13(8-21-24)12-7-20-23(2)9-12/h5,7-8,11-12,14,19H,3-4,6,9,18H2,1-2H3/t11-,12?,14-/m0/s1. The maximum Gasteiger partial charge on any atom is 0.161 e. The molecule has 0 radical (unpaired) electrons. The van der Waals surface area contributed by atoms with Crippen LogP contribution in [0.2, 0.25) is 0 Å². The first-order valence-corrected chi connectivity index (χ1v) is 8.66. The lowest BCUT2D eigenvalue weighted by Gasteiger charge is -2.28. The SMILES string of the molecule is CC(=O)[C@@H]1CC[C@H](c2cc(N)n3ncc(C4C=NN(C)C4)c3n2)CN1. The minimum atomic E-state index is -0.0342. The van der Waals surface area contributed by atoms with Crippen molar-refractivity contribution in [3.63, 3.8) is 0 Å². The number of fused-ring (bicyclic) bond motifs is 1. The molecule has 0 saturated carbocycles. The van der Waals surface area contributed by atoms with E-state index < -0.39 is 0 Å². The summed E-state index contributed by atoms with van der Waals surface area (Å²) in [6.45, 7) is 3.20. The van der Waals surface area contributed by atoms with Crippen LogP contribution in [0.25, 0.3) is 5.65 Å². The Morgan fingerprint density at radius 2 is 2.24 bits per heavy atom. The third kappa shape index (κ3) is 2.86. The van der Waals surface area contributed by atoms with Crippen molar-refractivity contribution in [3.05, 3.63) is 23.5 Å². The van der Waals surface area contributed by atoms with E-state index in [1.165, 1.54) is 0 Å². The van der Waals surface area contributed by atoms with Gasteiger partial charge in [0.25, 0.3) is 0 Å². The molecule has 0 bridgehead atoms. The lowest BCUT2D eigenvalue weighted by Crippen LogP contribution is -2.42. The number of Topliss-reactive ketones (excluding diaryl/α,β-unsaturated/α-hetero) is 1. The molecule has 2 aliphatic rings. The van der Waals surface area contributed by atoms with Crippen molar-refractivity contribution < 1.29 is 4.79 Å². The van der Waals surface area contributed by atoms with Gasteiger partial charge in [0.1, 0.15) is 11.6 Å². The molecule has 3 N–H and O–H groups in total. The molecule has 0 spiro atoms. The first-order valence-electron chi connectivity index (χ1n) is 8.66. The largest absolute Gasteiger partial charge is 0.384 e. The van der Waals surface area contributed by atoms with Crippen molar-refractivity contribution >= 4 is 23.5 Å². The van der Waals surface area contributed by atoms with Gasteiger partial charge >= 0.3 is 0 Å². The molecule has 1 unspecified atom stereocenters.